The van der Waals surface area contributed by atoms with Gasteiger partial charge in [0.2, 0.25) is 0 Å². The number of benzene rings is 1. The maximum absolute atomic E-state index is 4.35. The first kappa shape index (κ1) is 13.2. The van der Waals surface area contributed by atoms with Gasteiger partial charge in [-0.3, -0.25) is 4.98 Å². The standard InChI is InChI=1S/C15H17BrN2/c1-11-6-7-13(9-14(11)16)10-18-12(2)15-5-3-4-8-17-15/h3-9,12,18H,10H2,1-2H3. The number of hydrogen-bond donors (Lipinski definition) is 1. The molecule has 1 aromatic carbocycles. The molecule has 1 unspecified atom stereocenters. The van der Waals surface area contributed by atoms with Crippen molar-refractivity contribution in [3.63, 3.8) is 0 Å². The lowest BCUT2D eigenvalue weighted by atomic mass is 10.1. The molecule has 0 radical (unpaired) electrons. The number of rotatable bonds is 4. The Kier molecular flexibility index (Phi) is 4.50. The van der Waals surface area contributed by atoms with Crippen molar-refractivity contribution in [1.82, 2.24) is 10.3 Å². The van der Waals surface area contributed by atoms with Crippen LogP contribution in [0.2, 0.25) is 0 Å². The van der Waals surface area contributed by atoms with Gasteiger partial charge in [0, 0.05) is 23.3 Å². The minimum absolute atomic E-state index is 0.256. The third-order valence-corrected chi connectivity index (χ3v) is 3.83. The van der Waals surface area contributed by atoms with E-state index in [1.54, 1.807) is 0 Å². The topological polar surface area (TPSA) is 24.9 Å². The molecule has 1 aromatic heterocycles. The van der Waals surface area contributed by atoms with Crippen LogP contribution in [0.3, 0.4) is 0 Å². The zero-order valence-electron chi connectivity index (χ0n) is 10.7. The van der Waals surface area contributed by atoms with E-state index in [0.717, 1.165) is 16.7 Å². The van der Waals surface area contributed by atoms with E-state index in [0.29, 0.717) is 0 Å². The van der Waals surface area contributed by atoms with Gasteiger partial charge in [-0.05, 0) is 43.2 Å². The molecule has 0 aliphatic heterocycles. The average molecular weight is 305 g/mol. The number of nitrogens with zero attached hydrogens (tertiary/aromatic N) is 1. The van der Waals surface area contributed by atoms with Crippen LogP contribution in [0, 0.1) is 6.92 Å². The number of hydrogen-bond acceptors (Lipinski definition) is 2. The first-order chi connectivity index (χ1) is 8.66. The molecule has 18 heavy (non-hydrogen) atoms. The SMILES string of the molecule is Cc1ccc(CNC(C)c2ccccn2)cc1Br. The van der Waals surface area contributed by atoms with Gasteiger partial charge < -0.3 is 5.32 Å². The molecule has 1 atom stereocenters. The normalized spacial score (nSPS) is 12.4. The highest BCUT2D eigenvalue weighted by molar-refractivity contribution is 9.10. The fraction of sp³-hybridized carbons (Fsp3) is 0.267. The molecule has 0 saturated heterocycles. The molecule has 1 N–H and O–H groups in total. The second-order valence-corrected chi connectivity index (χ2v) is 5.30. The summed E-state index contributed by atoms with van der Waals surface area (Å²) < 4.78 is 1.16. The van der Waals surface area contributed by atoms with E-state index in [1.165, 1.54) is 11.1 Å². The van der Waals surface area contributed by atoms with Crippen LogP contribution in [0.15, 0.2) is 47.1 Å². The zero-order chi connectivity index (χ0) is 13.0. The quantitative estimate of drug-likeness (QED) is 0.923. The number of pyridine rings is 1. The summed E-state index contributed by atoms with van der Waals surface area (Å²) in [5, 5.41) is 3.48. The van der Waals surface area contributed by atoms with Crippen molar-refractivity contribution in [3.05, 3.63) is 63.9 Å². The van der Waals surface area contributed by atoms with Crippen LogP contribution in [0.25, 0.3) is 0 Å². The molecular formula is C15H17BrN2. The predicted octanol–water partition coefficient (Wildman–Crippen LogP) is 4.00. The predicted molar refractivity (Wildman–Crippen MR) is 78.4 cm³/mol. The van der Waals surface area contributed by atoms with Gasteiger partial charge in [-0.1, -0.05) is 34.1 Å². The first-order valence-electron chi connectivity index (χ1n) is 6.06. The van der Waals surface area contributed by atoms with E-state index in [9.17, 15) is 0 Å². The molecule has 0 bridgehead atoms. The lowest BCUT2D eigenvalue weighted by Crippen LogP contribution is -2.18. The van der Waals surface area contributed by atoms with Crippen molar-refractivity contribution in [3.8, 4) is 0 Å². The molecule has 0 aliphatic rings. The minimum Gasteiger partial charge on any atom is -0.305 e. The van der Waals surface area contributed by atoms with Crippen molar-refractivity contribution < 1.29 is 0 Å². The Morgan fingerprint density at radius 3 is 2.78 bits per heavy atom. The molecule has 0 aliphatic carbocycles. The minimum atomic E-state index is 0.256. The van der Waals surface area contributed by atoms with Crippen LogP contribution < -0.4 is 5.32 Å². The smallest absolute Gasteiger partial charge is 0.0570 e. The van der Waals surface area contributed by atoms with E-state index < -0.39 is 0 Å². The Hall–Kier alpha value is -1.19. The summed E-state index contributed by atoms with van der Waals surface area (Å²) in [6.07, 6.45) is 1.83. The molecule has 0 saturated carbocycles. The molecular weight excluding hydrogens is 288 g/mol. The number of aryl methyl sites for hydroxylation is 1. The third kappa shape index (κ3) is 3.40. The van der Waals surface area contributed by atoms with Crippen LogP contribution in [0.4, 0.5) is 0 Å². The van der Waals surface area contributed by atoms with E-state index in [1.807, 2.05) is 24.4 Å². The summed E-state index contributed by atoms with van der Waals surface area (Å²) in [6, 6.07) is 12.7. The maximum atomic E-state index is 4.35. The Bertz CT molecular complexity index is 511. The second kappa shape index (κ2) is 6.12. The van der Waals surface area contributed by atoms with Crippen molar-refractivity contribution in [2.75, 3.05) is 0 Å². The Labute approximate surface area is 117 Å². The van der Waals surface area contributed by atoms with Gasteiger partial charge in [-0.15, -0.1) is 0 Å². The largest absolute Gasteiger partial charge is 0.305 e. The number of halogens is 1. The van der Waals surface area contributed by atoms with Gasteiger partial charge in [0.25, 0.3) is 0 Å². The summed E-state index contributed by atoms with van der Waals surface area (Å²) in [6.45, 7) is 5.07. The highest BCUT2D eigenvalue weighted by atomic mass is 79.9. The van der Waals surface area contributed by atoms with Gasteiger partial charge in [0.05, 0.1) is 5.69 Å². The highest BCUT2D eigenvalue weighted by Gasteiger charge is 2.05. The van der Waals surface area contributed by atoms with Gasteiger partial charge in [-0.25, -0.2) is 0 Å². The summed E-state index contributed by atoms with van der Waals surface area (Å²) >= 11 is 3.56. The van der Waals surface area contributed by atoms with Crippen molar-refractivity contribution in [1.29, 1.82) is 0 Å². The van der Waals surface area contributed by atoms with E-state index in [4.69, 9.17) is 0 Å². The monoisotopic (exact) mass is 304 g/mol. The van der Waals surface area contributed by atoms with Gasteiger partial charge in [0.1, 0.15) is 0 Å². The van der Waals surface area contributed by atoms with Crippen LogP contribution in [0.5, 0.6) is 0 Å². The molecule has 1 heterocycles. The molecule has 0 spiro atoms. The summed E-state index contributed by atoms with van der Waals surface area (Å²) in [5.41, 5.74) is 3.61. The number of aromatic nitrogens is 1. The van der Waals surface area contributed by atoms with Crippen molar-refractivity contribution in [2.24, 2.45) is 0 Å². The second-order valence-electron chi connectivity index (χ2n) is 4.44. The Balaban J connectivity index is 1.97. The van der Waals surface area contributed by atoms with Crippen LogP contribution in [-0.2, 0) is 6.54 Å². The zero-order valence-corrected chi connectivity index (χ0v) is 12.2. The number of nitrogens with one attached hydrogen (secondary N) is 1. The fourth-order valence-corrected chi connectivity index (χ4v) is 2.18. The Morgan fingerprint density at radius 1 is 1.28 bits per heavy atom. The Morgan fingerprint density at radius 2 is 2.11 bits per heavy atom. The molecule has 94 valence electrons. The van der Waals surface area contributed by atoms with Crippen LogP contribution in [-0.4, -0.2) is 4.98 Å². The lowest BCUT2D eigenvalue weighted by Gasteiger charge is -2.13. The fourth-order valence-electron chi connectivity index (χ4n) is 1.75. The average Bonchev–Trinajstić information content (AvgIpc) is 2.41. The highest BCUT2D eigenvalue weighted by Crippen LogP contribution is 2.18. The van der Waals surface area contributed by atoms with E-state index in [-0.39, 0.29) is 6.04 Å². The first-order valence-corrected chi connectivity index (χ1v) is 6.85. The lowest BCUT2D eigenvalue weighted by molar-refractivity contribution is 0.561. The molecule has 3 heteroatoms. The summed E-state index contributed by atoms with van der Waals surface area (Å²) in [5.74, 6) is 0. The molecule has 2 aromatic rings. The van der Waals surface area contributed by atoms with Gasteiger partial charge >= 0.3 is 0 Å². The van der Waals surface area contributed by atoms with Crippen molar-refractivity contribution >= 4 is 15.9 Å². The maximum Gasteiger partial charge on any atom is 0.0570 e. The summed E-state index contributed by atoms with van der Waals surface area (Å²) in [7, 11) is 0. The molecule has 0 amide bonds. The van der Waals surface area contributed by atoms with Gasteiger partial charge in [0.15, 0.2) is 0 Å². The molecule has 2 nitrogen and oxygen atoms in total. The summed E-state index contributed by atoms with van der Waals surface area (Å²) in [4.78, 5) is 4.35. The molecule has 2 rings (SSSR count). The van der Waals surface area contributed by atoms with Crippen LogP contribution >= 0.6 is 15.9 Å². The van der Waals surface area contributed by atoms with E-state index >= 15 is 0 Å². The molecule has 0 fully saturated rings. The van der Waals surface area contributed by atoms with Crippen molar-refractivity contribution in [2.45, 2.75) is 26.4 Å². The van der Waals surface area contributed by atoms with E-state index in [2.05, 4.69) is 58.3 Å². The third-order valence-electron chi connectivity index (χ3n) is 2.98. The van der Waals surface area contributed by atoms with Crippen LogP contribution in [0.1, 0.15) is 29.8 Å². The van der Waals surface area contributed by atoms with Gasteiger partial charge in [-0.2, -0.15) is 0 Å².